The van der Waals surface area contributed by atoms with Gasteiger partial charge in [-0.05, 0) is 30.7 Å². The van der Waals surface area contributed by atoms with E-state index in [1.54, 1.807) is 24.3 Å². The first-order valence-corrected chi connectivity index (χ1v) is 9.96. The van der Waals surface area contributed by atoms with Crippen molar-refractivity contribution in [2.24, 2.45) is 0 Å². The summed E-state index contributed by atoms with van der Waals surface area (Å²) in [6.07, 6.45) is 0.991. The Morgan fingerprint density at radius 3 is 2.67 bits per heavy atom. The summed E-state index contributed by atoms with van der Waals surface area (Å²) in [5.41, 5.74) is 0.380. The number of nitrogens with zero attached hydrogens (tertiary/aromatic N) is 1. The Balaban J connectivity index is 1.33. The standard InChI is InChI=1S/C20H19Cl2N3O5/c21-12-2-4-16-14(8-12)15(26)9-17(30-16)20(28)24-7-1-6-23-18(27)11-29-19-5-3-13(22)10-25-19/h2-5,8,10,17H,1,6-7,9,11H2,(H,23,27)(H,24,28)/t17-/m1/s1. The molecule has 1 atom stereocenters. The molecule has 10 heteroatoms. The summed E-state index contributed by atoms with van der Waals surface area (Å²) in [7, 11) is 0. The van der Waals surface area contributed by atoms with E-state index in [0.29, 0.717) is 46.7 Å². The predicted octanol–water partition coefficient (Wildman–Crippen LogP) is 2.42. The van der Waals surface area contributed by atoms with E-state index >= 15 is 0 Å². The molecule has 0 spiro atoms. The van der Waals surface area contributed by atoms with Crippen LogP contribution in [0.2, 0.25) is 10.0 Å². The smallest absolute Gasteiger partial charge is 0.261 e. The van der Waals surface area contributed by atoms with Crippen LogP contribution in [0.3, 0.4) is 0 Å². The highest BCUT2D eigenvalue weighted by atomic mass is 35.5. The second-order valence-corrected chi connectivity index (χ2v) is 7.35. The zero-order chi connectivity index (χ0) is 21.5. The number of fused-ring (bicyclic) bond motifs is 1. The minimum atomic E-state index is -0.888. The van der Waals surface area contributed by atoms with Gasteiger partial charge in [0.2, 0.25) is 5.88 Å². The molecule has 0 unspecified atom stereocenters. The zero-order valence-corrected chi connectivity index (χ0v) is 17.3. The van der Waals surface area contributed by atoms with Gasteiger partial charge in [0.15, 0.2) is 18.5 Å². The Morgan fingerprint density at radius 2 is 1.90 bits per heavy atom. The van der Waals surface area contributed by atoms with Crippen molar-refractivity contribution in [2.45, 2.75) is 18.9 Å². The molecule has 2 aromatic rings. The second-order valence-electron chi connectivity index (χ2n) is 6.47. The fraction of sp³-hybridized carbons (Fsp3) is 0.300. The molecule has 0 saturated heterocycles. The molecule has 2 heterocycles. The second kappa shape index (κ2) is 10.3. The molecule has 0 bridgehead atoms. The largest absolute Gasteiger partial charge is 0.479 e. The summed E-state index contributed by atoms with van der Waals surface area (Å²) >= 11 is 11.6. The van der Waals surface area contributed by atoms with Crippen molar-refractivity contribution in [3.05, 3.63) is 52.1 Å². The molecule has 0 radical (unpaired) electrons. The van der Waals surface area contributed by atoms with E-state index in [1.807, 2.05) is 0 Å². The van der Waals surface area contributed by atoms with Gasteiger partial charge in [0.25, 0.3) is 11.8 Å². The van der Waals surface area contributed by atoms with Crippen molar-refractivity contribution >= 4 is 40.8 Å². The van der Waals surface area contributed by atoms with Crippen LogP contribution in [0.15, 0.2) is 36.5 Å². The van der Waals surface area contributed by atoms with Crippen molar-refractivity contribution in [1.82, 2.24) is 15.6 Å². The Morgan fingerprint density at radius 1 is 1.13 bits per heavy atom. The van der Waals surface area contributed by atoms with E-state index in [4.69, 9.17) is 32.7 Å². The highest BCUT2D eigenvalue weighted by Crippen LogP contribution is 2.30. The van der Waals surface area contributed by atoms with Gasteiger partial charge >= 0.3 is 0 Å². The van der Waals surface area contributed by atoms with Gasteiger partial charge in [0, 0.05) is 30.4 Å². The van der Waals surface area contributed by atoms with Gasteiger partial charge in [-0.3, -0.25) is 14.4 Å². The Bertz CT molecular complexity index is 937. The van der Waals surface area contributed by atoms with Gasteiger partial charge in [-0.2, -0.15) is 0 Å². The van der Waals surface area contributed by atoms with Gasteiger partial charge in [-0.15, -0.1) is 0 Å². The lowest BCUT2D eigenvalue weighted by atomic mass is 10.0. The van der Waals surface area contributed by atoms with Gasteiger partial charge in [0.05, 0.1) is 17.0 Å². The Hall–Kier alpha value is -2.84. The average Bonchev–Trinajstić information content (AvgIpc) is 2.73. The number of hydrogen-bond acceptors (Lipinski definition) is 6. The first-order chi connectivity index (χ1) is 14.4. The van der Waals surface area contributed by atoms with E-state index in [-0.39, 0.29) is 30.6 Å². The van der Waals surface area contributed by atoms with E-state index in [0.717, 1.165) is 0 Å². The highest BCUT2D eigenvalue weighted by molar-refractivity contribution is 6.31. The number of ketones is 1. The highest BCUT2D eigenvalue weighted by Gasteiger charge is 2.31. The van der Waals surface area contributed by atoms with Crippen molar-refractivity contribution in [2.75, 3.05) is 19.7 Å². The number of benzene rings is 1. The van der Waals surface area contributed by atoms with E-state index in [1.165, 1.54) is 12.3 Å². The van der Waals surface area contributed by atoms with Crippen molar-refractivity contribution in [1.29, 1.82) is 0 Å². The zero-order valence-electron chi connectivity index (χ0n) is 15.8. The third-order valence-electron chi connectivity index (χ3n) is 4.20. The fourth-order valence-corrected chi connectivity index (χ4v) is 3.01. The van der Waals surface area contributed by atoms with Crippen molar-refractivity contribution in [3.8, 4) is 11.6 Å². The molecule has 1 aromatic carbocycles. The van der Waals surface area contributed by atoms with E-state index in [2.05, 4.69) is 15.6 Å². The van der Waals surface area contributed by atoms with Crippen LogP contribution in [0.5, 0.6) is 11.6 Å². The normalized spacial score (nSPS) is 15.0. The maximum Gasteiger partial charge on any atom is 0.261 e. The fourth-order valence-electron chi connectivity index (χ4n) is 2.72. The van der Waals surface area contributed by atoms with E-state index < -0.39 is 6.10 Å². The molecule has 0 fully saturated rings. The summed E-state index contributed by atoms with van der Waals surface area (Å²) in [4.78, 5) is 40.1. The summed E-state index contributed by atoms with van der Waals surface area (Å²) in [5, 5.41) is 6.29. The first kappa shape index (κ1) is 21.9. The van der Waals surface area contributed by atoms with Crippen LogP contribution in [0.4, 0.5) is 0 Å². The van der Waals surface area contributed by atoms with Crippen LogP contribution < -0.4 is 20.1 Å². The monoisotopic (exact) mass is 451 g/mol. The van der Waals surface area contributed by atoms with Crippen LogP contribution in [0, 0.1) is 0 Å². The van der Waals surface area contributed by atoms with Crippen LogP contribution in [0.25, 0.3) is 0 Å². The first-order valence-electron chi connectivity index (χ1n) is 9.20. The Kier molecular flexibility index (Phi) is 7.48. The van der Waals surface area contributed by atoms with Crippen molar-refractivity contribution in [3.63, 3.8) is 0 Å². The van der Waals surface area contributed by atoms with Gasteiger partial charge < -0.3 is 20.1 Å². The van der Waals surface area contributed by atoms with Crippen LogP contribution in [-0.4, -0.2) is 48.4 Å². The number of carbonyl (C=O) groups is 3. The van der Waals surface area contributed by atoms with Gasteiger partial charge in [0.1, 0.15) is 5.75 Å². The van der Waals surface area contributed by atoms with Crippen LogP contribution >= 0.6 is 23.2 Å². The van der Waals surface area contributed by atoms with Crippen molar-refractivity contribution < 1.29 is 23.9 Å². The molecule has 1 aliphatic heterocycles. The van der Waals surface area contributed by atoms with Crippen LogP contribution in [0.1, 0.15) is 23.2 Å². The molecular weight excluding hydrogens is 433 g/mol. The third kappa shape index (κ3) is 6.08. The number of aromatic nitrogens is 1. The summed E-state index contributed by atoms with van der Waals surface area (Å²) in [6.45, 7) is 0.491. The topological polar surface area (TPSA) is 107 Å². The molecule has 30 heavy (non-hydrogen) atoms. The molecule has 2 amide bonds. The maximum absolute atomic E-state index is 12.3. The predicted molar refractivity (Wildman–Crippen MR) is 110 cm³/mol. The summed E-state index contributed by atoms with van der Waals surface area (Å²) in [5.74, 6) is -0.241. The molecule has 1 aliphatic rings. The lowest BCUT2D eigenvalue weighted by Crippen LogP contribution is -2.43. The molecule has 158 valence electrons. The summed E-state index contributed by atoms with van der Waals surface area (Å²) < 4.78 is 10.8. The number of Topliss-reactive ketones (excluding diaryl/α,β-unsaturated/α-hetero) is 1. The number of ether oxygens (including phenoxy) is 2. The third-order valence-corrected chi connectivity index (χ3v) is 4.66. The molecule has 0 saturated carbocycles. The SMILES string of the molecule is O=C(COc1ccc(Cl)cn1)NCCCNC(=O)[C@H]1CC(=O)c2cc(Cl)ccc2O1. The number of pyridine rings is 1. The average molecular weight is 452 g/mol. The molecule has 8 nitrogen and oxygen atoms in total. The lowest BCUT2D eigenvalue weighted by Gasteiger charge is -2.24. The maximum atomic E-state index is 12.3. The number of nitrogens with one attached hydrogen (secondary N) is 2. The number of halogens is 2. The minimum Gasteiger partial charge on any atom is -0.479 e. The van der Waals surface area contributed by atoms with E-state index in [9.17, 15) is 14.4 Å². The quantitative estimate of drug-likeness (QED) is 0.596. The minimum absolute atomic E-state index is 0.0496. The number of hydrogen-bond donors (Lipinski definition) is 2. The number of amides is 2. The molecular formula is C20H19Cl2N3O5. The number of carbonyl (C=O) groups excluding carboxylic acids is 3. The van der Waals surface area contributed by atoms with Gasteiger partial charge in [-0.1, -0.05) is 23.2 Å². The number of rotatable bonds is 8. The molecule has 1 aromatic heterocycles. The molecule has 3 rings (SSSR count). The summed E-state index contributed by atoms with van der Waals surface area (Å²) in [6, 6.07) is 7.89. The Labute approximate surface area is 182 Å². The van der Waals surface area contributed by atoms with Gasteiger partial charge in [-0.25, -0.2) is 4.98 Å². The molecule has 0 aliphatic carbocycles. The molecule has 2 N–H and O–H groups in total. The lowest BCUT2D eigenvalue weighted by molar-refractivity contribution is -0.128. The van der Waals surface area contributed by atoms with Crippen LogP contribution in [-0.2, 0) is 9.59 Å².